The number of hydrogen-bond donors (Lipinski definition) is 2. The van der Waals surface area contributed by atoms with E-state index >= 15 is 0 Å². The fourth-order valence-corrected chi connectivity index (χ4v) is 2.27. The van der Waals surface area contributed by atoms with Gasteiger partial charge in [-0.1, -0.05) is 0 Å². The Morgan fingerprint density at radius 3 is 2.94 bits per heavy atom. The highest BCUT2D eigenvalue weighted by molar-refractivity contribution is 5.88. The van der Waals surface area contributed by atoms with Crippen LogP contribution in [0.2, 0.25) is 0 Å². The van der Waals surface area contributed by atoms with Gasteiger partial charge in [-0.05, 0) is 31.4 Å². The average Bonchev–Trinajstić information content (AvgIpc) is 2.60. The van der Waals surface area contributed by atoms with E-state index < -0.39 is 0 Å². The van der Waals surface area contributed by atoms with Crippen molar-refractivity contribution in [1.29, 1.82) is 0 Å². The third-order valence-corrected chi connectivity index (χ3v) is 3.59. The minimum atomic E-state index is 0.655. The first-order valence-corrected chi connectivity index (χ1v) is 5.71. The van der Waals surface area contributed by atoms with Gasteiger partial charge >= 0.3 is 0 Å². The molecule has 1 saturated carbocycles. The van der Waals surface area contributed by atoms with Gasteiger partial charge in [-0.25, -0.2) is 0 Å². The van der Waals surface area contributed by atoms with Gasteiger partial charge in [-0.3, -0.25) is 5.10 Å². The highest BCUT2D eigenvalue weighted by atomic mass is 15.2. The van der Waals surface area contributed by atoms with Crippen molar-refractivity contribution in [2.45, 2.75) is 25.3 Å². The Labute approximate surface area is 94.4 Å². The first-order valence-electron chi connectivity index (χ1n) is 5.71. The summed E-state index contributed by atoms with van der Waals surface area (Å²) in [6, 6.07) is 4.74. The van der Waals surface area contributed by atoms with E-state index in [0.29, 0.717) is 6.04 Å². The van der Waals surface area contributed by atoms with Crippen LogP contribution in [0.5, 0.6) is 0 Å². The molecule has 1 aromatic carbocycles. The summed E-state index contributed by atoms with van der Waals surface area (Å²) >= 11 is 0. The number of nitrogens with zero attached hydrogens (tertiary/aromatic N) is 2. The molecule has 16 heavy (non-hydrogen) atoms. The van der Waals surface area contributed by atoms with Crippen molar-refractivity contribution in [2.75, 3.05) is 17.7 Å². The lowest BCUT2D eigenvalue weighted by atomic mass is 9.91. The van der Waals surface area contributed by atoms with Gasteiger partial charge in [-0.2, -0.15) is 5.10 Å². The molecule has 0 amide bonds. The molecular weight excluding hydrogens is 200 g/mol. The molecule has 0 bridgehead atoms. The number of nitrogen functional groups attached to an aromatic ring is 1. The Bertz CT molecular complexity index is 513. The summed E-state index contributed by atoms with van der Waals surface area (Å²) in [4.78, 5) is 2.29. The molecule has 0 saturated heterocycles. The zero-order chi connectivity index (χ0) is 11.1. The van der Waals surface area contributed by atoms with E-state index in [1.165, 1.54) is 19.3 Å². The summed E-state index contributed by atoms with van der Waals surface area (Å²) in [6.45, 7) is 0. The smallest absolute Gasteiger partial charge is 0.0672 e. The molecule has 0 spiro atoms. The summed E-state index contributed by atoms with van der Waals surface area (Å²) in [5.74, 6) is 0. The molecule has 0 unspecified atom stereocenters. The zero-order valence-corrected chi connectivity index (χ0v) is 9.40. The number of fused-ring (bicyclic) bond motifs is 1. The standard InChI is InChI=1S/C12H16N4/c1-16(9-3-2-4-9)12-6-11-8(5-10(12)13)7-14-15-11/h5-7,9H,2-4,13H2,1H3,(H,14,15). The van der Waals surface area contributed by atoms with Gasteiger partial charge in [0.25, 0.3) is 0 Å². The molecular formula is C12H16N4. The first kappa shape index (κ1) is 9.51. The lowest BCUT2D eigenvalue weighted by Gasteiger charge is -2.37. The molecule has 1 aliphatic carbocycles. The monoisotopic (exact) mass is 216 g/mol. The molecule has 0 atom stereocenters. The molecule has 3 rings (SSSR count). The van der Waals surface area contributed by atoms with E-state index in [4.69, 9.17) is 5.73 Å². The third-order valence-electron chi connectivity index (χ3n) is 3.59. The fourth-order valence-electron chi connectivity index (χ4n) is 2.27. The minimum Gasteiger partial charge on any atom is -0.397 e. The summed E-state index contributed by atoms with van der Waals surface area (Å²) in [6.07, 6.45) is 5.69. The number of nitrogens with one attached hydrogen (secondary N) is 1. The summed E-state index contributed by atoms with van der Waals surface area (Å²) in [5, 5.41) is 8.08. The molecule has 4 nitrogen and oxygen atoms in total. The highest BCUT2D eigenvalue weighted by Gasteiger charge is 2.23. The Morgan fingerprint density at radius 1 is 1.44 bits per heavy atom. The predicted molar refractivity (Wildman–Crippen MR) is 66.5 cm³/mol. The number of aromatic amines is 1. The molecule has 1 aromatic heterocycles. The Kier molecular flexibility index (Phi) is 2.02. The molecule has 1 fully saturated rings. The Hall–Kier alpha value is -1.71. The molecule has 0 radical (unpaired) electrons. The van der Waals surface area contributed by atoms with Crippen molar-refractivity contribution in [3.05, 3.63) is 18.3 Å². The van der Waals surface area contributed by atoms with E-state index in [0.717, 1.165) is 22.3 Å². The van der Waals surface area contributed by atoms with E-state index in [-0.39, 0.29) is 0 Å². The van der Waals surface area contributed by atoms with Crippen LogP contribution >= 0.6 is 0 Å². The maximum absolute atomic E-state index is 6.08. The van der Waals surface area contributed by atoms with Crippen molar-refractivity contribution in [2.24, 2.45) is 0 Å². The van der Waals surface area contributed by atoms with Gasteiger partial charge < -0.3 is 10.6 Å². The van der Waals surface area contributed by atoms with Crippen LogP contribution in [-0.4, -0.2) is 23.3 Å². The highest BCUT2D eigenvalue weighted by Crippen LogP contribution is 2.33. The average molecular weight is 216 g/mol. The summed E-state index contributed by atoms with van der Waals surface area (Å²) in [7, 11) is 2.12. The SMILES string of the molecule is CN(c1cc2[nH]ncc2cc1N)C1CCC1. The number of nitrogens with two attached hydrogens (primary N) is 1. The van der Waals surface area contributed by atoms with Crippen molar-refractivity contribution < 1.29 is 0 Å². The number of anilines is 2. The van der Waals surface area contributed by atoms with Crippen LogP contribution in [0.25, 0.3) is 10.9 Å². The van der Waals surface area contributed by atoms with Gasteiger partial charge in [0.1, 0.15) is 0 Å². The fraction of sp³-hybridized carbons (Fsp3) is 0.417. The minimum absolute atomic E-state index is 0.655. The van der Waals surface area contributed by atoms with Crippen LogP contribution in [0.3, 0.4) is 0 Å². The number of aromatic nitrogens is 2. The lowest BCUT2D eigenvalue weighted by Crippen LogP contribution is -2.37. The third kappa shape index (κ3) is 1.33. The van der Waals surface area contributed by atoms with Gasteiger partial charge in [0.2, 0.25) is 0 Å². The topological polar surface area (TPSA) is 57.9 Å². The predicted octanol–water partition coefficient (Wildman–Crippen LogP) is 2.13. The number of rotatable bonds is 2. The Balaban J connectivity index is 2.03. The van der Waals surface area contributed by atoms with Crippen LogP contribution in [0.4, 0.5) is 11.4 Å². The lowest BCUT2D eigenvalue weighted by molar-refractivity contribution is 0.401. The quantitative estimate of drug-likeness (QED) is 0.756. The van der Waals surface area contributed by atoms with Crippen LogP contribution in [0.15, 0.2) is 18.3 Å². The van der Waals surface area contributed by atoms with Crippen LogP contribution in [0, 0.1) is 0 Å². The first-order chi connectivity index (χ1) is 7.75. The second kappa shape index (κ2) is 3.40. The molecule has 1 heterocycles. The second-order valence-corrected chi connectivity index (χ2v) is 4.56. The van der Waals surface area contributed by atoms with Crippen molar-refractivity contribution in [3.63, 3.8) is 0 Å². The van der Waals surface area contributed by atoms with E-state index in [1.807, 2.05) is 6.07 Å². The van der Waals surface area contributed by atoms with Gasteiger partial charge in [-0.15, -0.1) is 0 Å². The molecule has 2 aromatic rings. The zero-order valence-electron chi connectivity index (χ0n) is 9.40. The van der Waals surface area contributed by atoms with Gasteiger partial charge in [0.05, 0.1) is 23.1 Å². The molecule has 0 aliphatic heterocycles. The number of benzene rings is 1. The van der Waals surface area contributed by atoms with Crippen LogP contribution in [-0.2, 0) is 0 Å². The summed E-state index contributed by atoms with van der Waals surface area (Å²) < 4.78 is 0. The maximum Gasteiger partial charge on any atom is 0.0672 e. The van der Waals surface area contributed by atoms with Crippen molar-refractivity contribution >= 4 is 22.3 Å². The normalized spacial score (nSPS) is 16.3. The van der Waals surface area contributed by atoms with Crippen molar-refractivity contribution in [3.8, 4) is 0 Å². The van der Waals surface area contributed by atoms with E-state index in [9.17, 15) is 0 Å². The largest absolute Gasteiger partial charge is 0.397 e. The summed E-state index contributed by atoms with van der Waals surface area (Å²) in [5.41, 5.74) is 9.08. The second-order valence-electron chi connectivity index (χ2n) is 4.56. The number of H-pyrrole nitrogens is 1. The van der Waals surface area contributed by atoms with Gasteiger partial charge in [0.15, 0.2) is 0 Å². The molecule has 4 heteroatoms. The molecule has 1 aliphatic rings. The maximum atomic E-state index is 6.08. The Morgan fingerprint density at radius 2 is 2.25 bits per heavy atom. The van der Waals surface area contributed by atoms with Crippen LogP contribution in [0.1, 0.15) is 19.3 Å². The van der Waals surface area contributed by atoms with Crippen LogP contribution < -0.4 is 10.6 Å². The van der Waals surface area contributed by atoms with E-state index in [2.05, 4.69) is 28.2 Å². The van der Waals surface area contributed by atoms with Crippen molar-refractivity contribution in [1.82, 2.24) is 10.2 Å². The molecule has 84 valence electrons. The number of hydrogen-bond acceptors (Lipinski definition) is 3. The van der Waals surface area contributed by atoms with E-state index in [1.54, 1.807) is 6.20 Å². The van der Waals surface area contributed by atoms with Gasteiger partial charge in [0, 0.05) is 18.5 Å². The molecule has 3 N–H and O–H groups in total.